The number of carbonyl (C=O) groups excluding carboxylic acids is 1. The molecule has 3 unspecified atom stereocenters. The molecule has 1 aliphatic carbocycles. The average Bonchev–Trinajstić information content (AvgIpc) is 3.50. The van der Waals surface area contributed by atoms with Gasteiger partial charge >= 0.3 is 18.4 Å². The Morgan fingerprint density at radius 2 is 1.77 bits per heavy atom. The molecule has 2 aromatic heterocycles. The highest BCUT2D eigenvalue weighted by molar-refractivity contribution is 5.74. The van der Waals surface area contributed by atoms with Gasteiger partial charge in [0.1, 0.15) is 11.9 Å². The molecule has 3 aromatic rings. The number of cyclic esters (lactones) is 1. The van der Waals surface area contributed by atoms with Crippen LogP contribution in [0.15, 0.2) is 42.7 Å². The quantitative estimate of drug-likeness (QED) is 0.297. The van der Waals surface area contributed by atoms with Crippen LogP contribution in [0.3, 0.4) is 0 Å². The SMILES string of the molecule is CCC1CC2CCC1Nc1ncc(-c3cccn3C)c2c1CN1C(=O)O[C@H](c2cc(C(F)(F)F)cc(C(F)(F)F)c2)[C@@H]1C. The second-order valence-electron chi connectivity index (χ2n) is 11.9. The fourth-order valence-corrected chi connectivity index (χ4v) is 7.08. The molecule has 3 aliphatic heterocycles. The summed E-state index contributed by atoms with van der Waals surface area (Å²) in [6.07, 6.45) is -4.50. The minimum atomic E-state index is -5.01. The fourth-order valence-electron chi connectivity index (χ4n) is 7.08. The first kappa shape index (κ1) is 29.4. The lowest BCUT2D eigenvalue weighted by Gasteiger charge is -2.42. The highest BCUT2D eigenvalue weighted by Crippen LogP contribution is 2.48. The molecule has 12 heteroatoms. The maximum atomic E-state index is 13.6. The number of nitrogens with zero attached hydrogens (tertiary/aromatic N) is 3. The Balaban J connectivity index is 1.41. The van der Waals surface area contributed by atoms with Gasteiger partial charge in [-0.05, 0) is 79.5 Å². The highest BCUT2D eigenvalue weighted by atomic mass is 19.4. The number of benzene rings is 1. The molecule has 2 fully saturated rings. The summed E-state index contributed by atoms with van der Waals surface area (Å²) >= 11 is 0. The van der Waals surface area contributed by atoms with Crippen molar-refractivity contribution in [1.82, 2.24) is 14.5 Å². The van der Waals surface area contributed by atoms with Gasteiger partial charge in [0, 0.05) is 42.3 Å². The molecule has 1 saturated heterocycles. The largest absolute Gasteiger partial charge is 0.439 e. The van der Waals surface area contributed by atoms with Gasteiger partial charge in [0.2, 0.25) is 0 Å². The predicted octanol–water partition coefficient (Wildman–Crippen LogP) is 8.29. The van der Waals surface area contributed by atoms with Crippen LogP contribution in [-0.2, 0) is 30.7 Å². The number of nitrogens with one attached hydrogen (secondary N) is 1. The first-order chi connectivity index (χ1) is 20.3. The van der Waals surface area contributed by atoms with E-state index in [1.165, 1.54) is 4.90 Å². The van der Waals surface area contributed by atoms with Gasteiger partial charge in [0.15, 0.2) is 0 Å². The van der Waals surface area contributed by atoms with Gasteiger partial charge < -0.3 is 14.6 Å². The van der Waals surface area contributed by atoms with Gasteiger partial charge in [-0.25, -0.2) is 9.78 Å². The number of aryl methyl sites for hydroxylation is 1. The number of hydrogen-bond donors (Lipinski definition) is 1. The van der Waals surface area contributed by atoms with E-state index in [0.29, 0.717) is 23.9 Å². The van der Waals surface area contributed by atoms with Crippen molar-refractivity contribution in [1.29, 1.82) is 0 Å². The summed E-state index contributed by atoms with van der Waals surface area (Å²) in [4.78, 5) is 19.4. The third kappa shape index (κ3) is 5.22. The summed E-state index contributed by atoms with van der Waals surface area (Å²) in [5, 5.41) is 3.61. The zero-order valence-corrected chi connectivity index (χ0v) is 23.9. The van der Waals surface area contributed by atoms with Gasteiger partial charge in [-0.2, -0.15) is 26.3 Å². The number of amides is 1. The van der Waals surface area contributed by atoms with E-state index in [4.69, 9.17) is 9.72 Å². The summed E-state index contributed by atoms with van der Waals surface area (Å²) in [5.74, 6) is 1.28. The molecule has 4 aliphatic rings. The zero-order chi connectivity index (χ0) is 30.8. The number of halogens is 6. The van der Waals surface area contributed by atoms with E-state index in [-0.39, 0.29) is 30.1 Å². The predicted molar refractivity (Wildman–Crippen MR) is 147 cm³/mol. The summed E-state index contributed by atoms with van der Waals surface area (Å²) < 4.78 is 88.9. The molecule has 0 spiro atoms. The molecule has 5 heterocycles. The van der Waals surface area contributed by atoms with Gasteiger partial charge in [-0.15, -0.1) is 0 Å². The molecule has 5 atom stereocenters. The molecule has 4 bridgehead atoms. The number of fused-ring (bicyclic) bond motifs is 2. The van der Waals surface area contributed by atoms with Crippen LogP contribution in [0.5, 0.6) is 0 Å². The molecule has 1 saturated carbocycles. The summed E-state index contributed by atoms with van der Waals surface area (Å²) in [6, 6.07) is 4.64. The third-order valence-electron chi connectivity index (χ3n) is 9.34. The number of rotatable bonds is 5. The number of anilines is 1. The van der Waals surface area contributed by atoms with Crippen LogP contribution in [0, 0.1) is 5.92 Å². The Labute approximate surface area is 245 Å². The Kier molecular flexibility index (Phi) is 7.16. The number of aromatic nitrogens is 2. The van der Waals surface area contributed by atoms with Gasteiger partial charge in [-0.3, -0.25) is 4.90 Å². The molecule has 7 rings (SSSR count). The Bertz CT molecular complexity index is 1520. The van der Waals surface area contributed by atoms with E-state index < -0.39 is 41.7 Å². The normalized spacial score (nSPS) is 25.4. The van der Waals surface area contributed by atoms with Crippen molar-refractivity contribution in [2.24, 2.45) is 13.0 Å². The average molecular weight is 607 g/mol. The lowest BCUT2D eigenvalue weighted by atomic mass is 9.70. The van der Waals surface area contributed by atoms with Crippen LogP contribution < -0.4 is 5.32 Å². The molecular formula is C31H32F6N4O2. The standard InChI is InChI=1S/C31H32F6N4O2/c1-4-17-10-18-7-8-24(17)39-28-23(26(18)22(14-38-28)25-6-5-9-40(25)3)15-41-16(2)27(43-29(41)42)19-11-20(30(32,33)34)13-21(12-19)31(35,36)37/h5-6,9,11-14,16-18,24,27H,4,7-8,10,15H2,1-3H3,(H,38,39)/t16-,17?,18?,24?,27-/m0/s1. The second kappa shape index (κ2) is 10.5. The maximum Gasteiger partial charge on any atom is 0.416 e. The van der Waals surface area contributed by atoms with E-state index in [1.54, 1.807) is 6.92 Å². The first-order valence-electron chi connectivity index (χ1n) is 14.4. The van der Waals surface area contributed by atoms with E-state index in [9.17, 15) is 31.1 Å². The van der Waals surface area contributed by atoms with Crippen molar-refractivity contribution in [3.8, 4) is 11.3 Å². The summed E-state index contributed by atoms with van der Waals surface area (Å²) in [5.41, 5.74) is 0.519. The lowest BCUT2D eigenvalue weighted by molar-refractivity contribution is -0.143. The Morgan fingerprint density at radius 1 is 1.07 bits per heavy atom. The van der Waals surface area contributed by atoms with E-state index in [1.807, 2.05) is 36.1 Å². The van der Waals surface area contributed by atoms with E-state index in [0.717, 1.165) is 48.1 Å². The van der Waals surface area contributed by atoms with Gasteiger partial charge in [-0.1, -0.05) is 13.3 Å². The molecule has 6 nitrogen and oxygen atoms in total. The van der Waals surface area contributed by atoms with Crippen molar-refractivity contribution in [3.63, 3.8) is 0 Å². The van der Waals surface area contributed by atoms with E-state index in [2.05, 4.69) is 12.2 Å². The molecule has 230 valence electrons. The van der Waals surface area contributed by atoms with Crippen molar-refractivity contribution in [3.05, 3.63) is 70.5 Å². The molecular weight excluding hydrogens is 574 g/mol. The van der Waals surface area contributed by atoms with Gasteiger partial charge in [0.05, 0.1) is 23.7 Å². The maximum absolute atomic E-state index is 13.6. The lowest BCUT2D eigenvalue weighted by Crippen LogP contribution is -2.39. The molecule has 0 radical (unpaired) electrons. The number of ether oxygens (including phenoxy) is 1. The van der Waals surface area contributed by atoms with Gasteiger partial charge in [0.25, 0.3) is 0 Å². The van der Waals surface area contributed by atoms with Crippen LogP contribution >= 0.6 is 0 Å². The Morgan fingerprint density at radius 3 is 2.37 bits per heavy atom. The molecule has 1 N–H and O–H groups in total. The highest BCUT2D eigenvalue weighted by Gasteiger charge is 2.45. The van der Waals surface area contributed by atoms with Crippen LogP contribution in [0.1, 0.15) is 79.4 Å². The van der Waals surface area contributed by atoms with Crippen molar-refractivity contribution in [2.75, 3.05) is 5.32 Å². The molecule has 1 aromatic carbocycles. The van der Waals surface area contributed by atoms with Crippen LogP contribution in [0.25, 0.3) is 11.3 Å². The molecule has 1 amide bonds. The minimum Gasteiger partial charge on any atom is -0.439 e. The van der Waals surface area contributed by atoms with Crippen molar-refractivity contribution < 1.29 is 35.9 Å². The summed E-state index contributed by atoms with van der Waals surface area (Å²) in [6.45, 7) is 3.80. The number of hydrogen-bond acceptors (Lipinski definition) is 4. The van der Waals surface area contributed by atoms with Crippen molar-refractivity contribution >= 4 is 11.9 Å². The van der Waals surface area contributed by atoms with Crippen LogP contribution in [0.4, 0.5) is 37.0 Å². The first-order valence-corrected chi connectivity index (χ1v) is 14.4. The monoisotopic (exact) mass is 606 g/mol. The fraction of sp³-hybridized carbons (Fsp3) is 0.484. The van der Waals surface area contributed by atoms with E-state index >= 15 is 0 Å². The third-order valence-corrected chi connectivity index (χ3v) is 9.34. The molecule has 43 heavy (non-hydrogen) atoms. The second-order valence-corrected chi connectivity index (χ2v) is 11.9. The van der Waals surface area contributed by atoms with Crippen LogP contribution in [-0.4, -0.2) is 32.6 Å². The topological polar surface area (TPSA) is 59.4 Å². The number of alkyl halides is 6. The number of pyridine rings is 1. The Hall–Kier alpha value is -3.70. The zero-order valence-electron chi connectivity index (χ0n) is 23.9. The van der Waals surface area contributed by atoms with Crippen molar-refractivity contribution in [2.45, 2.75) is 82.5 Å². The smallest absolute Gasteiger partial charge is 0.416 e. The van der Waals surface area contributed by atoms with Crippen LogP contribution in [0.2, 0.25) is 0 Å². The number of carbonyl (C=O) groups is 1. The summed E-state index contributed by atoms with van der Waals surface area (Å²) in [7, 11) is 1.94. The minimum absolute atomic E-state index is 0.0462.